The molecule has 41 heavy (non-hydrogen) atoms. The second kappa shape index (κ2) is 9.44. The molecule has 6 fully saturated rings. The first-order chi connectivity index (χ1) is 19.7. The zero-order chi connectivity index (χ0) is 28.5. The van der Waals surface area contributed by atoms with Gasteiger partial charge in [-0.05, 0) is 110 Å². The lowest BCUT2D eigenvalue weighted by Gasteiger charge is -2.57. The van der Waals surface area contributed by atoms with Crippen LogP contribution >= 0.6 is 12.2 Å². The number of barbiturate groups is 1. The summed E-state index contributed by atoms with van der Waals surface area (Å²) in [4.78, 5) is 67.3. The van der Waals surface area contributed by atoms with Gasteiger partial charge in [-0.1, -0.05) is 30.3 Å². The van der Waals surface area contributed by atoms with E-state index in [1.807, 2.05) is 12.1 Å². The van der Waals surface area contributed by atoms with Crippen LogP contribution in [0.1, 0.15) is 44.1 Å². The third kappa shape index (κ3) is 4.20. The molecular weight excluding hydrogens is 540 g/mol. The molecule has 4 aliphatic carbocycles. The van der Waals surface area contributed by atoms with Crippen molar-refractivity contribution in [3.8, 4) is 0 Å². The van der Waals surface area contributed by atoms with E-state index in [2.05, 4.69) is 10.6 Å². The van der Waals surface area contributed by atoms with Crippen LogP contribution in [0.4, 0.5) is 16.2 Å². The van der Waals surface area contributed by atoms with Crippen LogP contribution < -0.4 is 20.4 Å². The highest BCUT2D eigenvalue weighted by Crippen LogP contribution is 2.60. The number of thiocarbonyl (C=S) groups is 1. The molecule has 6 amide bonds. The van der Waals surface area contributed by atoms with Crippen molar-refractivity contribution in [3.63, 3.8) is 0 Å². The van der Waals surface area contributed by atoms with Gasteiger partial charge in [0.15, 0.2) is 5.11 Å². The molecule has 2 N–H and O–H groups in total. The summed E-state index contributed by atoms with van der Waals surface area (Å²) in [5.74, 6) is -2.50. The van der Waals surface area contributed by atoms with Crippen LogP contribution in [0.5, 0.6) is 0 Å². The van der Waals surface area contributed by atoms with E-state index in [9.17, 15) is 24.0 Å². The number of imide groups is 2. The topological polar surface area (TPSA) is 116 Å². The van der Waals surface area contributed by atoms with Gasteiger partial charge >= 0.3 is 6.03 Å². The molecule has 0 radical (unpaired) electrons. The van der Waals surface area contributed by atoms with E-state index in [1.165, 1.54) is 44.1 Å². The largest absolute Gasteiger partial charge is 0.335 e. The van der Waals surface area contributed by atoms with Crippen LogP contribution in [-0.2, 0) is 24.6 Å². The number of hydrogen-bond donors (Lipinski definition) is 2. The summed E-state index contributed by atoms with van der Waals surface area (Å²) in [5.41, 5.74) is 1.66. The van der Waals surface area contributed by atoms with Crippen molar-refractivity contribution in [3.05, 3.63) is 71.8 Å². The molecule has 0 unspecified atom stereocenters. The molecule has 8 rings (SSSR count). The smallest absolute Gasteiger partial charge is 0.301 e. The van der Waals surface area contributed by atoms with E-state index in [0.29, 0.717) is 11.4 Å². The number of para-hydroxylation sites is 1. The third-order valence-electron chi connectivity index (χ3n) is 9.43. The fraction of sp³-hybridized carbons (Fsp3) is 0.355. The molecule has 2 aromatic rings. The van der Waals surface area contributed by atoms with Gasteiger partial charge in [0, 0.05) is 0 Å². The Morgan fingerprint density at radius 2 is 1.34 bits per heavy atom. The summed E-state index contributed by atoms with van der Waals surface area (Å²) < 4.78 is 0. The predicted molar refractivity (Wildman–Crippen MR) is 154 cm³/mol. The highest BCUT2D eigenvalue weighted by molar-refractivity contribution is 7.80. The van der Waals surface area contributed by atoms with E-state index < -0.39 is 41.2 Å². The maximum absolute atomic E-state index is 13.5. The molecule has 2 saturated heterocycles. The second-order valence-electron chi connectivity index (χ2n) is 12.0. The Morgan fingerprint density at radius 1 is 0.756 bits per heavy atom. The summed E-state index contributed by atoms with van der Waals surface area (Å²) in [5, 5.41) is 4.55. The van der Waals surface area contributed by atoms with Crippen LogP contribution in [0.3, 0.4) is 0 Å². The van der Waals surface area contributed by atoms with E-state index in [4.69, 9.17) is 12.2 Å². The van der Waals surface area contributed by atoms with Crippen LogP contribution in [0, 0.1) is 23.7 Å². The number of hydrogen-bond acceptors (Lipinski definition) is 6. The molecule has 9 nitrogen and oxygen atoms in total. The highest BCUT2D eigenvalue weighted by atomic mass is 32.1. The molecule has 2 aromatic carbocycles. The Balaban J connectivity index is 1.17. The number of carbonyl (C=O) groups excluding carboxylic acids is 5. The molecule has 4 saturated carbocycles. The first-order valence-corrected chi connectivity index (χ1v) is 14.4. The lowest BCUT2D eigenvalue weighted by molar-refractivity contribution is -0.131. The van der Waals surface area contributed by atoms with Crippen molar-refractivity contribution >= 4 is 58.4 Å². The van der Waals surface area contributed by atoms with Crippen molar-refractivity contribution in [2.24, 2.45) is 23.7 Å². The van der Waals surface area contributed by atoms with Crippen molar-refractivity contribution in [1.29, 1.82) is 0 Å². The lowest BCUT2D eigenvalue weighted by atomic mass is 9.48. The lowest BCUT2D eigenvalue weighted by Crippen LogP contribution is -2.58. The molecule has 10 heteroatoms. The standard InChI is InChI=1S/C31H28N4O5S/c36-25-23(13-24-26(37)33-30(41)35(28(24)39)21-4-2-1-3-5-21)27(38)34(29(40)32-25)22-8-6-20(7-9-22)31-14-17-10-18(15-31)12-19(11-17)16-31/h1-9,13,17-19,24H,10-12,14-16H2,(H,32,36,40)(H,33,37,41)/b23-13+/t17?,18?,19?,24-,31?/m1/s1. The fourth-order valence-corrected chi connectivity index (χ4v) is 8.36. The Morgan fingerprint density at radius 3 is 1.95 bits per heavy atom. The number of anilines is 2. The molecule has 1 atom stereocenters. The monoisotopic (exact) mass is 568 g/mol. The Kier molecular flexibility index (Phi) is 5.93. The Labute approximate surface area is 241 Å². The molecule has 2 heterocycles. The number of amides is 6. The van der Waals surface area contributed by atoms with Crippen molar-refractivity contribution < 1.29 is 24.0 Å². The van der Waals surface area contributed by atoms with Gasteiger partial charge in [0.2, 0.25) is 11.8 Å². The second-order valence-corrected chi connectivity index (χ2v) is 12.4. The number of nitrogens with zero attached hydrogens (tertiary/aromatic N) is 2. The Bertz CT molecular complexity index is 1510. The molecule has 0 spiro atoms. The van der Waals surface area contributed by atoms with E-state index in [0.717, 1.165) is 33.6 Å². The molecule has 2 aliphatic heterocycles. The van der Waals surface area contributed by atoms with Crippen LogP contribution in [-0.4, -0.2) is 34.8 Å². The zero-order valence-electron chi connectivity index (χ0n) is 22.2. The van der Waals surface area contributed by atoms with Crippen molar-refractivity contribution in [1.82, 2.24) is 10.6 Å². The molecule has 0 aromatic heterocycles. The minimum atomic E-state index is -1.50. The average molecular weight is 569 g/mol. The van der Waals surface area contributed by atoms with Crippen molar-refractivity contribution in [2.75, 3.05) is 9.80 Å². The van der Waals surface area contributed by atoms with E-state index in [1.54, 1.807) is 42.5 Å². The van der Waals surface area contributed by atoms with Crippen LogP contribution in [0.2, 0.25) is 0 Å². The van der Waals surface area contributed by atoms with Gasteiger partial charge < -0.3 is 5.32 Å². The van der Waals surface area contributed by atoms with Gasteiger partial charge in [-0.3, -0.25) is 29.4 Å². The molecule has 208 valence electrons. The SMILES string of the molecule is O=C1NC(=O)N(c2ccc(C34CC5CC(CC(C5)C3)C4)cc2)C(=O)/C1=C/[C@@H]1C(=O)NC(=S)N(c2ccccc2)C1=O. The quantitative estimate of drug-likeness (QED) is 0.251. The third-order valence-corrected chi connectivity index (χ3v) is 9.71. The number of nitrogens with one attached hydrogen (secondary N) is 2. The zero-order valence-corrected chi connectivity index (χ0v) is 23.0. The molecule has 6 aliphatic rings. The Hall–Kier alpha value is -4.18. The average Bonchev–Trinajstić information content (AvgIpc) is 2.92. The van der Waals surface area contributed by atoms with Crippen molar-refractivity contribution in [2.45, 2.75) is 43.9 Å². The van der Waals surface area contributed by atoms with Crippen LogP contribution in [0.25, 0.3) is 0 Å². The molecular formula is C31H28N4O5S. The first-order valence-electron chi connectivity index (χ1n) is 14.0. The predicted octanol–water partition coefficient (Wildman–Crippen LogP) is 3.73. The van der Waals surface area contributed by atoms with Gasteiger partial charge in [-0.25, -0.2) is 9.69 Å². The fourth-order valence-electron chi connectivity index (χ4n) is 8.07. The van der Waals surface area contributed by atoms with Gasteiger partial charge in [0.1, 0.15) is 11.5 Å². The maximum Gasteiger partial charge on any atom is 0.335 e. The van der Waals surface area contributed by atoms with Gasteiger partial charge in [-0.15, -0.1) is 0 Å². The summed E-state index contributed by atoms with van der Waals surface area (Å²) in [6.07, 6.45) is 8.56. The molecule has 4 bridgehead atoms. The van der Waals surface area contributed by atoms with Gasteiger partial charge in [0.05, 0.1) is 11.4 Å². The van der Waals surface area contributed by atoms with Gasteiger partial charge in [-0.2, -0.15) is 0 Å². The number of rotatable bonds is 4. The van der Waals surface area contributed by atoms with E-state index >= 15 is 0 Å². The summed E-state index contributed by atoms with van der Waals surface area (Å²) >= 11 is 5.21. The highest BCUT2D eigenvalue weighted by Gasteiger charge is 2.51. The van der Waals surface area contributed by atoms with Crippen LogP contribution in [0.15, 0.2) is 66.2 Å². The minimum Gasteiger partial charge on any atom is -0.301 e. The maximum atomic E-state index is 13.5. The number of carbonyl (C=O) groups is 5. The van der Waals surface area contributed by atoms with Gasteiger partial charge in [0.25, 0.3) is 11.8 Å². The summed E-state index contributed by atoms with van der Waals surface area (Å²) in [6, 6.07) is 15.1. The number of urea groups is 1. The first kappa shape index (κ1) is 25.8. The minimum absolute atomic E-state index is 0.101. The number of benzene rings is 2. The normalized spacial score (nSPS) is 32.0. The summed E-state index contributed by atoms with van der Waals surface area (Å²) in [7, 11) is 0. The van der Waals surface area contributed by atoms with E-state index in [-0.39, 0.29) is 10.5 Å². The summed E-state index contributed by atoms with van der Waals surface area (Å²) in [6.45, 7) is 0.